The molecule has 1 saturated heterocycles. The summed E-state index contributed by atoms with van der Waals surface area (Å²) in [7, 11) is 0. The van der Waals surface area contributed by atoms with E-state index in [1.54, 1.807) is 11.8 Å². The number of piperidine rings is 1. The first kappa shape index (κ1) is 17.3. The molecule has 1 aromatic heterocycles. The van der Waals surface area contributed by atoms with Gasteiger partial charge in [0, 0.05) is 25.3 Å². The zero-order valence-electron chi connectivity index (χ0n) is 13.5. The number of pyridine rings is 1. The van der Waals surface area contributed by atoms with Crippen LogP contribution < -0.4 is 11.1 Å². The van der Waals surface area contributed by atoms with Crippen LogP contribution in [0.15, 0.2) is 18.5 Å². The molecule has 7 heteroatoms. The monoisotopic (exact) mass is 322 g/mol. The van der Waals surface area contributed by atoms with Gasteiger partial charge in [-0.15, -0.1) is 0 Å². The molecule has 2 rings (SSSR count). The topological polar surface area (TPSA) is 88.3 Å². The van der Waals surface area contributed by atoms with Gasteiger partial charge in [-0.05, 0) is 38.7 Å². The molecule has 1 aliphatic rings. The Kier molecular flexibility index (Phi) is 5.65. The molecule has 23 heavy (non-hydrogen) atoms. The second-order valence-corrected chi connectivity index (χ2v) is 6.07. The van der Waals surface area contributed by atoms with Gasteiger partial charge in [0.2, 0.25) is 5.91 Å². The first-order valence-corrected chi connectivity index (χ1v) is 7.85. The van der Waals surface area contributed by atoms with Crippen molar-refractivity contribution in [2.45, 2.75) is 38.8 Å². The van der Waals surface area contributed by atoms with Crippen LogP contribution in [-0.4, -0.2) is 46.9 Å². The first-order valence-electron chi connectivity index (χ1n) is 7.85. The van der Waals surface area contributed by atoms with Gasteiger partial charge in [-0.3, -0.25) is 14.6 Å². The number of aromatic nitrogens is 1. The number of likely N-dealkylation sites (tertiary alicyclic amines) is 1. The number of hydrogen-bond acceptors (Lipinski definition) is 4. The van der Waals surface area contributed by atoms with Gasteiger partial charge in [0.1, 0.15) is 0 Å². The summed E-state index contributed by atoms with van der Waals surface area (Å²) in [5, 5.41) is 2.84. The van der Waals surface area contributed by atoms with E-state index >= 15 is 0 Å². The highest BCUT2D eigenvalue weighted by atomic mass is 19.1. The standard InChI is InChI=1S/C16H23FN4O2/c1-10(18)16(23)21-7-4-12(5-8-21)11(2)20-15(22)13-3-6-19-9-14(13)17/h3,6,9-12H,4-5,7-8,18H2,1-2H3,(H,20,22). The molecule has 0 spiro atoms. The van der Waals surface area contributed by atoms with Crippen LogP contribution in [0.25, 0.3) is 0 Å². The van der Waals surface area contributed by atoms with Crippen LogP contribution in [0.3, 0.4) is 0 Å². The van der Waals surface area contributed by atoms with Crippen molar-refractivity contribution >= 4 is 11.8 Å². The highest BCUT2D eigenvalue weighted by Crippen LogP contribution is 2.21. The molecule has 1 aliphatic heterocycles. The molecule has 2 amide bonds. The van der Waals surface area contributed by atoms with Crippen LogP contribution in [0.1, 0.15) is 37.0 Å². The minimum Gasteiger partial charge on any atom is -0.349 e. The summed E-state index contributed by atoms with van der Waals surface area (Å²) >= 11 is 0. The van der Waals surface area contributed by atoms with E-state index in [-0.39, 0.29) is 23.4 Å². The van der Waals surface area contributed by atoms with Gasteiger partial charge in [-0.25, -0.2) is 4.39 Å². The molecule has 0 bridgehead atoms. The summed E-state index contributed by atoms with van der Waals surface area (Å²) in [5.41, 5.74) is 5.61. The van der Waals surface area contributed by atoms with E-state index in [2.05, 4.69) is 10.3 Å². The van der Waals surface area contributed by atoms with Crippen LogP contribution in [-0.2, 0) is 4.79 Å². The predicted octanol–water partition coefficient (Wildman–Crippen LogP) is 0.925. The number of carbonyl (C=O) groups excluding carboxylic acids is 2. The van der Waals surface area contributed by atoms with Gasteiger partial charge in [-0.1, -0.05) is 0 Å². The summed E-state index contributed by atoms with van der Waals surface area (Å²) in [6.07, 6.45) is 4.00. The lowest BCUT2D eigenvalue weighted by molar-refractivity contribution is -0.133. The molecule has 0 aliphatic carbocycles. The average Bonchev–Trinajstić information content (AvgIpc) is 2.54. The fraction of sp³-hybridized carbons (Fsp3) is 0.562. The number of amides is 2. The molecule has 2 atom stereocenters. The average molecular weight is 322 g/mol. The number of halogens is 1. The molecule has 0 aromatic carbocycles. The van der Waals surface area contributed by atoms with Gasteiger partial charge < -0.3 is 16.0 Å². The summed E-state index contributed by atoms with van der Waals surface area (Å²) in [5.74, 6) is -0.860. The van der Waals surface area contributed by atoms with Crippen LogP contribution in [0.4, 0.5) is 4.39 Å². The number of rotatable bonds is 4. The van der Waals surface area contributed by atoms with Crippen LogP contribution in [0.2, 0.25) is 0 Å². The molecular weight excluding hydrogens is 299 g/mol. The Bertz CT molecular complexity index is 571. The highest BCUT2D eigenvalue weighted by molar-refractivity contribution is 5.94. The lowest BCUT2D eigenvalue weighted by atomic mass is 9.90. The van der Waals surface area contributed by atoms with Crippen molar-refractivity contribution in [3.8, 4) is 0 Å². The number of nitrogens with zero attached hydrogens (tertiary/aromatic N) is 2. The Hall–Kier alpha value is -2.02. The lowest BCUT2D eigenvalue weighted by Gasteiger charge is -2.35. The van der Waals surface area contributed by atoms with Crippen molar-refractivity contribution in [1.29, 1.82) is 0 Å². The quantitative estimate of drug-likeness (QED) is 0.863. The van der Waals surface area contributed by atoms with E-state index in [0.29, 0.717) is 13.1 Å². The van der Waals surface area contributed by atoms with Crippen LogP contribution in [0, 0.1) is 11.7 Å². The Balaban J connectivity index is 1.88. The number of nitrogens with one attached hydrogen (secondary N) is 1. The van der Waals surface area contributed by atoms with Gasteiger partial charge in [0.15, 0.2) is 5.82 Å². The maximum absolute atomic E-state index is 13.6. The number of nitrogens with two attached hydrogens (primary N) is 1. The van der Waals surface area contributed by atoms with Crippen molar-refractivity contribution < 1.29 is 14.0 Å². The Morgan fingerprint density at radius 2 is 2.04 bits per heavy atom. The predicted molar refractivity (Wildman–Crippen MR) is 84.1 cm³/mol. The zero-order chi connectivity index (χ0) is 17.0. The molecule has 1 aromatic rings. The Labute approximate surface area is 135 Å². The second-order valence-electron chi connectivity index (χ2n) is 6.07. The van der Waals surface area contributed by atoms with E-state index < -0.39 is 17.8 Å². The Morgan fingerprint density at radius 3 is 2.61 bits per heavy atom. The molecule has 0 saturated carbocycles. The van der Waals surface area contributed by atoms with E-state index in [0.717, 1.165) is 19.0 Å². The van der Waals surface area contributed by atoms with Crippen molar-refractivity contribution in [2.75, 3.05) is 13.1 Å². The minimum atomic E-state index is -0.630. The fourth-order valence-corrected chi connectivity index (χ4v) is 2.87. The van der Waals surface area contributed by atoms with E-state index in [4.69, 9.17) is 5.73 Å². The zero-order valence-corrected chi connectivity index (χ0v) is 13.5. The fourth-order valence-electron chi connectivity index (χ4n) is 2.87. The van der Waals surface area contributed by atoms with Gasteiger partial charge in [-0.2, -0.15) is 0 Å². The first-order chi connectivity index (χ1) is 10.9. The number of hydrogen-bond donors (Lipinski definition) is 2. The van der Waals surface area contributed by atoms with E-state index in [1.807, 2.05) is 6.92 Å². The van der Waals surface area contributed by atoms with Crippen molar-refractivity contribution in [2.24, 2.45) is 11.7 Å². The smallest absolute Gasteiger partial charge is 0.254 e. The molecule has 2 unspecified atom stereocenters. The van der Waals surface area contributed by atoms with Gasteiger partial charge in [0.05, 0.1) is 17.8 Å². The van der Waals surface area contributed by atoms with E-state index in [9.17, 15) is 14.0 Å². The van der Waals surface area contributed by atoms with Crippen LogP contribution in [0.5, 0.6) is 0 Å². The molecule has 3 N–H and O–H groups in total. The number of carbonyl (C=O) groups is 2. The normalized spacial score (nSPS) is 18.3. The summed E-state index contributed by atoms with van der Waals surface area (Å²) < 4.78 is 13.6. The third kappa shape index (κ3) is 4.25. The maximum Gasteiger partial charge on any atom is 0.254 e. The molecule has 1 fully saturated rings. The lowest BCUT2D eigenvalue weighted by Crippen LogP contribution is -2.49. The second kappa shape index (κ2) is 7.50. The highest BCUT2D eigenvalue weighted by Gasteiger charge is 2.28. The van der Waals surface area contributed by atoms with Gasteiger partial charge in [0.25, 0.3) is 5.91 Å². The van der Waals surface area contributed by atoms with Gasteiger partial charge >= 0.3 is 0 Å². The molecule has 6 nitrogen and oxygen atoms in total. The third-order valence-electron chi connectivity index (χ3n) is 4.32. The van der Waals surface area contributed by atoms with Crippen molar-refractivity contribution in [1.82, 2.24) is 15.2 Å². The summed E-state index contributed by atoms with van der Waals surface area (Å²) in [4.78, 5) is 29.4. The molecule has 2 heterocycles. The molecule has 126 valence electrons. The largest absolute Gasteiger partial charge is 0.349 e. The van der Waals surface area contributed by atoms with E-state index in [1.165, 1.54) is 12.3 Å². The maximum atomic E-state index is 13.6. The van der Waals surface area contributed by atoms with Crippen molar-refractivity contribution in [3.63, 3.8) is 0 Å². The Morgan fingerprint density at radius 1 is 1.39 bits per heavy atom. The molecular formula is C16H23FN4O2. The van der Waals surface area contributed by atoms with Crippen molar-refractivity contribution in [3.05, 3.63) is 29.8 Å². The van der Waals surface area contributed by atoms with Crippen LogP contribution >= 0.6 is 0 Å². The third-order valence-corrected chi connectivity index (χ3v) is 4.32. The summed E-state index contributed by atoms with van der Waals surface area (Å²) in [6, 6.07) is 0.780. The summed E-state index contributed by atoms with van der Waals surface area (Å²) in [6.45, 7) is 4.86. The SMILES string of the molecule is CC(N)C(=O)N1CCC(C(C)NC(=O)c2ccncc2F)CC1. The minimum absolute atomic E-state index is 0.00331. The molecule has 0 radical (unpaired) electrons.